The summed E-state index contributed by atoms with van der Waals surface area (Å²) >= 11 is 0. The lowest BCUT2D eigenvalue weighted by atomic mass is 9.93. The van der Waals surface area contributed by atoms with Crippen molar-refractivity contribution in [3.8, 4) is 0 Å². The van der Waals surface area contributed by atoms with E-state index in [1.807, 2.05) is 6.20 Å². The van der Waals surface area contributed by atoms with Gasteiger partial charge in [-0.1, -0.05) is 6.92 Å². The third-order valence-corrected chi connectivity index (χ3v) is 4.46. The highest BCUT2D eigenvalue weighted by Gasteiger charge is 2.20. The molecule has 130 valence electrons. The molecule has 0 aromatic carbocycles. The number of hydrogen-bond acceptors (Lipinski definition) is 6. The van der Waals surface area contributed by atoms with Crippen LogP contribution in [0, 0.1) is 0 Å². The van der Waals surface area contributed by atoms with E-state index in [9.17, 15) is 5.11 Å². The number of aliphatic hydroxyl groups excluding tert-OH is 1. The summed E-state index contributed by atoms with van der Waals surface area (Å²) in [7, 11) is 0. The smallest absolute Gasteiger partial charge is 0.225 e. The van der Waals surface area contributed by atoms with Gasteiger partial charge in [0.1, 0.15) is 5.82 Å². The molecule has 0 bridgehead atoms. The number of fused-ring (bicyclic) bond motifs is 1. The Bertz CT molecular complexity index is 695. The van der Waals surface area contributed by atoms with Crippen molar-refractivity contribution < 1.29 is 5.11 Å². The lowest BCUT2D eigenvalue weighted by Gasteiger charge is -2.26. The molecule has 2 aromatic heterocycles. The van der Waals surface area contributed by atoms with Crippen molar-refractivity contribution in [3.05, 3.63) is 18.0 Å². The van der Waals surface area contributed by atoms with Gasteiger partial charge in [0.15, 0.2) is 0 Å². The standard InChI is InChI=1S/C18H27N5O/c1-4-12-9-15-16(10-19-12)22-18(23-17(15)20-11(2)3)21-13-5-7-14(24)8-6-13/h9-11,13-14,24H,4-8H2,1-3H3,(H2,20,21,22,23). The second-order valence-electron chi connectivity index (χ2n) is 6.89. The lowest BCUT2D eigenvalue weighted by Crippen LogP contribution is -2.29. The number of hydrogen-bond donors (Lipinski definition) is 3. The molecule has 0 saturated heterocycles. The Balaban J connectivity index is 1.91. The van der Waals surface area contributed by atoms with Crippen LogP contribution in [0.4, 0.5) is 11.8 Å². The molecule has 1 aliphatic carbocycles. The predicted molar refractivity (Wildman–Crippen MR) is 97.4 cm³/mol. The summed E-state index contributed by atoms with van der Waals surface area (Å²) < 4.78 is 0. The van der Waals surface area contributed by atoms with E-state index in [1.165, 1.54) is 0 Å². The minimum Gasteiger partial charge on any atom is -0.393 e. The van der Waals surface area contributed by atoms with Gasteiger partial charge in [-0.25, -0.2) is 4.98 Å². The van der Waals surface area contributed by atoms with Gasteiger partial charge in [0.25, 0.3) is 0 Å². The number of nitrogens with one attached hydrogen (secondary N) is 2. The number of rotatable bonds is 5. The molecule has 1 fully saturated rings. The van der Waals surface area contributed by atoms with E-state index in [-0.39, 0.29) is 6.10 Å². The fourth-order valence-corrected chi connectivity index (χ4v) is 3.12. The Morgan fingerprint density at radius 2 is 1.96 bits per heavy atom. The van der Waals surface area contributed by atoms with Gasteiger partial charge in [0.05, 0.1) is 17.8 Å². The molecule has 2 heterocycles. The summed E-state index contributed by atoms with van der Waals surface area (Å²) in [5.74, 6) is 1.49. The van der Waals surface area contributed by atoms with Crippen LogP contribution in [0.3, 0.4) is 0 Å². The minimum atomic E-state index is -0.157. The van der Waals surface area contributed by atoms with Crippen LogP contribution in [0.1, 0.15) is 52.1 Å². The average molecular weight is 329 g/mol. The van der Waals surface area contributed by atoms with E-state index >= 15 is 0 Å². The first-order chi connectivity index (χ1) is 11.5. The summed E-state index contributed by atoms with van der Waals surface area (Å²) in [4.78, 5) is 13.8. The molecule has 0 amide bonds. The Labute approximate surface area is 143 Å². The van der Waals surface area contributed by atoms with E-state index in [0.717, 1.165) is 54.5 Å². The summed E-state index contributed by atoms with van der Waals surface area (Å²) in [6.07, 6.45) is 6.13. The Morgan fingerprint density at radius 1 is 1.21 bits per heavy atom. The van der Waals surface area contributed by atoms with Crippen LogP contribution in [-0.2, 0) is 6.42 Å². The van der Waals surface area contributed by atoms with Gasteiger partial charge in [-0.15, -0.1) is 0 Å². The van der Waals surface area contributed by atoms with Gasteiger partial charge in [0, 0.05) is 23.2 Å². The molecule has 6 nitrogen and oxygen atoms in total. The van der Waals surface area contributed by atoms with Gasteiger partial charge in [-0.05, 0) is 52.0 Å². The zero-order valence-corrected chi connectivity index (χ0v) is 14.7. The predicted octanol–water partition coefficient (Wildman–Crippen LogP) is 3.12. The number of nitrogens with zero attached hydrogens (tertiary/aromatic N) is 3. The summed E-state index contributed by atoms with van der Waals surface area (Å²) in [5, 5.41) is 17.5. The molecule has 0 radical (unpaired) electrons. The van der Waals surface area contributed by atoms with Crippen LogP contribution in [0.15, 0.2) is 12.3 Å². The molecule has 1 saturated carbocycles. The third kappa shape index (κ3) is 3.93. The van der Waals surface area contributed by atoms with E-state index in [1.54, 1.807) is 0 Å². The van der Waals surface area contributed by atoms with Gasteiger partial charge in [-0.3, -0.25) is 4.98 Å². The largest absolute Gasteiger partial charge is 0.393 e. The van der Waals surface area contributed by atoms with Crippen molar-refractivity contribution in [2.45, 2.75) is 71.1 Å². The Kier molecular flexibility index (Phi) is 5.14. The monoisotopic (exact) mass is 329 g/mol. The number of pyridine rings is 1. The number of aromatic nitrogens is 3. The highest BCUT2D eigenvalue weighted by Crippen LogP contribution is 2.26. The molecule has 3 N–H and O–H groups in total. The molecule has 0 aliphatic heterocycles. The highest BCUT2D eigenvalue weighted by atomic mass is 16.3. The molecule has 3 rings (SSSR count). The average Bonchev–Trinajstić information content (AvgIpc) is 2.56. The molecule has 0 spiro atoms. The zero-order valence-electron chi connectivity index (χ0n) is 14.7. The van der Waals surface area contributed by atoms with Crippen molar-refractivity contribution in [1.82, 2.24) is 15.0 Å². The summed E-state index contributed by atoms with van der Waals surface area (Å²) in [5.41, 5.74) is 1.89. The van der Waals surface area contributed by atoms with E-state index in [0.29, 0.717) is 18.0 Å². The Morgan fingerprint density at radius 3 is 2.62 bits per heavy atom. The van der Waals surface area contributed by atoms with E-state index < -0.39 is 0 Å². The summed E-state index contributed by atoms with van der Waals surface area (Å²) in [6.45, 7) is 6.30. The van der Waals surface area contributed by atoms with E-state index in [2.05, 4.69) is 47.4 Å². The van der Waals surface area contributed by atoms with Crippen molar-refractivity contribution in [2.75, 3.05) is 10.6 Å². The second kappa shape index (κ2) is 7.30. The topological polar surface area (TPSA) is 83.0 Å². The van der Waals surface area contributed by atoms with Crippen LogP contribution in [-0.4, -0.2) is 38.2 Å². The maximum atomic E-state index is 9.65. The number of aliphatic hydroxyl groups is 1. The van der Waals surface area contributed by atoms with Crippen molar-refractivity contribution in [3.63, 3.8) is 0 Å². The normalized spacial score (nSPS) is 21.2. The highest BCUT2D eigenvalue weighted by molar-refractivity contribution is 5.90. The molecular weight excluding hydrogens is 302 g/mol. The van der Waals surface area contributed by atoms with E-state index in [4.69, 9.17) is 4.98 Å². The van der Waals surface area contributed by atoms with Gasteiger partial charge in [-0.2, -0.15) is 4.98 Å². The van der Waals surface area contributed by atoms with Gasteiger partial charge >= 0.3 is 0 Å². The SMILES string of the molecule is CCc1cc2c(NC(C)C)nc(NC3CCC(O)CC3)nc2cn1. The number of anilines is 2. The fraction of sp³-hybridized carbons (Fsp3) is 0.611. The van der Waals surface area contributed by atoms with Crippen LogP contribution < -0.4 is 10.6 Å². The first-order valence-corrected chi connectivity index (χ1v) is 8.93. The van der Waals surface area contributed by atoms with Crippen LogP contribution in [0.2, 0.25) is 0 Å². The van der Waals surface area contributed by atoms with Crippen LogP contribution in [0.5, 0.6) is 0 Å². The van der Waals surface area contributed by atoms with Crippen LogP contribution >= 0.6 is 0 Å². The molecule has 0 unspecified atom stereocenters. The molecule has 24 heavy (non-hydrogen) atoms. The Hall–Kier alpha value is -1.95. The van der Waals surface area contributed by atoms with Gasteiger partial charge in [0.2, 0.25) is 5.95 Å². The first kappa shape index (κ1) is 16.9. The quantitative estimate of drug-likeness (QED) is 0.782. The maximum absolute atomic E-state index is 9.65. The lowest BCUT2D eigenvalue weighted by molar-refractivity contribution is 0.126. The molecule has 2 aromatic rings. The van der Waals surface area contributed by atoms with Crippen molar-refractivity contribution in [2.24, 2.45) is 0 Å². The first-order valence-electron chi connectivity index (χ1n) is 8.93. The minimum absolute atomic E-state index is 0.157. The number of aryl methyl sites for hydroxylation is 1. The van der Waals surface area contributed by atoms with Gasteiger partial charge < -0.3 is 15.7 Å². The molecule has 6 heteroatoms. The zero-order chi connectivity index (χ0) is 17.1. The fourth-order valence-electron chi connectivity index (χ4n) is 3.12. The third-order valence-electron chi connectivity index (χ3n) is 4.46. The molecular formula is C18H27N5O. The van der Waals surface area contributed by atoms with Crippen molar-refractivity contribution >= 4 is 22.7 Å². The molecule has 0 atom stereocenters. The van der Waals surface area contributed by atoms with Crippen LogP contribution in [0.25, 0.3) is 10.9 Å². The van der Waals surface area contributed by atoms with Crippen molar-refractivity contribution in [1.29, 1.82) is 0 Å². The second-order valence-corrected chi connectivity index (χ2v) is 6.89. The molecule has 1 aliphatic rings. The maximum Gasteiger partial charge on any atom is 0.225 e. The summed E-state index contributed by atoms with van der Waals surface area (Å²) in [6, 6.07) is 2.68.